The molecule has 1 saturated heterocycles. The molecule has 6 heteroatoms. The predicted octanol–water partition coefficient (Wildman–Crippen LogP) is -0.305. The number of aliphatic hydroxyl groups is 1. The van der Waals surface area contributed by atoms with E-state index in [1.54, 1.807) is 13.8 Å². The molecular weight excluding hydrogens is 226 g/mol. The molecule has 0 radical (unpaired) electrons. The summed E-state index contributed by atoms with van der Waals surface area (Å²) < 4.78 is 4.41. The molecule has 1 atom stereocenters. The van der Waals surface area contributed by atoms with Crippen molar-refractivity contribution in [2.45, 2.75) is 32.8 Å². The predicted molar refractivity (Wildman–Crippen MR) is 57.8 cm³/mol. The van der Waals surface area contributed by atoms with Crippen molar-refractivity contribution in [3.05, 3.63) is 0 Å². The van der Waals surface area contributed by atoms with Crippen LogP contribution in [0.1, 0.15) is 27.2 Å². The zero-order valence-corrected chi connectivity index (χ0v) is 10.4. The van der Waals surface area contributed by atoms with Crippen molar-refractivity contribution in [3.8, 4) is 0 Å². The van der Waals surface area contributed by atoms with Gasteiger partial charge in [0.1, 0.15) is 0 Å². The third-order valence-electron chi connectivity index (χ3n) is 2.81. The summed E-state index contributed by atoms with van der Waals surface area (Å²) >= 11 is 0. The third kappa shape index (κ3) is 2.46. The van der Waals surface area contributed by atoms with Gasteiger partial charge in [0, 0.05) is 6.42 Å². The van der Waals surface area contributed by atoms with Crippen molar-refractivity contribution in [2.24, 2.45) is 5.41 Å². The number of carbonyl (C=O) groups is 3. The summed E-state index contributed by atoms with van der Waals surface area (Å²) in [6.07, 6.45) is 0.0864. The van der Waals surface area contributed by atoms with Crippen LogP contribution in [0.3, 0.4) is 0 Å². The lowest BCUT2D eigenvalue weighted by Crippen LogP contribution is -2.49. The molecule has 0 aromatic heterocycles. The number of likely N-dealkylation sites (tertiary alicyclic amines) is 1. The fourth-order valence-electron chi connectivity index (χ4n) is 1.78. The lowest BCUT2D eigenvalue weighted by atomic mass is 9.92. The van der Waals surface area contributed by atoms with Gasteiger partial charge in [-0.25, -0.2) is 4.79 Å². The maximum absolute atomic E-state index is 11.9. The zero-order chi connectivity index (χ0) is 13.4. The van der Waals surface area contributed by atoms with Crippen molar-refractivity contribution >= 4 is 17.8 Å². The number of rotatable bonds is 3. The van der Waals surface area contributed by atoms with Crippen LogP contribution in [-0.4, -0.2) is 47.0 Å². The van der Waals surface area contributed by atoms with Gasteiger partial charge in [-0.15, -0.1) is 0 Å². The standard InChI is InChI=1S/C11H17NO5/c1-10(2)5-7(13)12(8(10)14)6-11(3,16)9(15)17-4/h16H,5-6H2,1-4H3. The molecule has 0 aromatic carbocycles. The van der Waals surface area contributed by atoms with E-state index in [9.17, 15) is 19.5 Å². The molecule has 6 nitrogen and oxygen atoms in total. The number of amides is 2. The molecule has 0 aromatic rings. The molecule has 1 aliphatic rings. The Hall–Kier alpha value is -1.43. The third-order valence-corrected chi connectivity index (χ3v) is 2.81. The van der Waals surface area contributed by atoms with E-state index in [-0.39, 0.29) is 24.8 Å². The van der Waals surface area contributed by atoms with Crippen LogP contribution in [0, 0.1) is 5.41 Å². The molecule has 0 saturated carbocycles. The van der Waals surface area contributed by atoms with E-state index in [0.29, 0.717) is 0 Å². The van der Waals surface area contributed by atoms with Gasteiger partial charge in [-0.3, -0.25) is 14.5 Å². The summed E-state index contributed by atoms with van der Waals surface area (Å²) in [6, 6.07) is 0. The lowest BCUT2D eigenvalue weighted by molar-refractivity contribution is -0.164. The average molecular weight is 243 g/mol. The number of β-amino-alcohol motifs (C(OH)–C–C–N with tert-alkyl or cyclic N) is 1. The first-order chi connectivity index (χ1) is 7.62. The summed E-state index contributed by atoms with van der Waals surface area (Å²) in [5, 5.41) is 9.83. The molecule has 1 N–H and O–H groups in total. The molecule has 0 spiro atoms. The van der Waals surface area contributed by atoms with E-state index in [1.807, 2.05) is 0 Å². The summed E-state index contributed by atoms with van der Waals surface area (Å²) in [5.74, 6) is -1.64. The highest BCUT2D eigenvalue weighted by Crippen LogP contribution is 2.32. The van der Waals surface area contributed by atoms with Crippen LogP contribution in [0.15, 0.2) is 0 Å². The van der Waals surface area contributed by atoms with Gasteiger partial charge in [-0.2, -0.15) is 0 Å². The maximum atomic E-state index is 11.9. The number of hydrogen-bond donors (Lipinski definition) is 1. The molecule has 1 fully saturated rings. The van der Waals surface area contributed by atoms with Crippen LogP contribution >= 0.6 is 0 Å². The Kier molecular flexibility index (Phi) is 3.29. The van der Waals surface area contributed by atoms with E-state index in [4.69, 9.17) is 0 Å². The number of nitrogens with zero attached hydrogens (tertiary/aromatic N) is 1. The van der Waals surface area contributed by atoms with E-state index >= 15 is 0 Å². The lowest BCUT2D eigenvalue weighted by Gasteiger charge is -2.26. The Bertz CT molecular complexity index is 372. The second kappa shape index (κ2) is 4.10. The Labute approximate surface area is 99.5 Å². The van der Waals surface area contributed by atoms with Crippen molar-refractivity contribution in [1.29, 1.82) is 0 Å². The molecule has 17 heavy (non-hydrogen) atoms. The molecule has 1 aliphatic heterocycles. The van der Waals surface area contributed by atoms with Gasteiger partial charge in [0.05, 0.1) is 19.1 Å². The highest BCUT2D eigenvalue weighted by molar-refractivity contribution is 6.05. The van der Waals surface area contributed by atoms with Crippen LogP contribution in [0.5, 0.6) is 0 Å². The Balaban J connectivity index is 2.86. The second-order valence-electron chi connectivity index (χ2n) is 5.11. The summed E-state index contributed by atoms with van der Waals surface area (Å²) in [7, 11) is 1.13. The second-order valence-corrected chi connectivity index (χ2v) is 5.11. The van der Waals surface area contributed by atoms with E-state index < -0.39 is 17.0 Å². The number of ether oxygens (including phenoxy) is 1. The Morgan fingerprint density at radius 2 is 2.06 bits per heavy atom. The van der Waals surface area contributed by atoms with Crippen molar-refractivity contribution < 1.29 is 24.2 Å². The molecule has 1 unspecified atom stereocenters. The molecule has 2 amide bonds. The van der Waals surface area contributed by atoms with Gasteiger partial charge in [0.2, 0.25) is 11.8 Å². The number of imide groups is 1. The minimum Gasteiger partial charge on any atom is -0.467 e. The number of hydrogen-bond acceptors (Lipinski definition) is 5. The monoisotopic (exact) mass is 243 g/mol. The molecule has 0 bridgehead atoms. The maximum Gasteiger partial charge on any atom is 0.339 e. The summed E-state index contributed by atoms with van der Waals surface area (Å²) in [4.78, 5) is 35.7. The van der Waals surface area contributed by atoms with Crippen LogP contribution in [0.25, 0.3) is 0 Å². The minimum atomic E-state index is -1.87. The summed E-state index contributed by atoms with van der Waals surface area (Å²) in [5.41, 5.74) is -2.65. The molecule has 1 heterocycles. The van der Waals surface area contributed by atoms with E-state index in [2.05, 4.69) is 4.74 Å². The van der Waals surface area contributed by atoms with Gasteiger partial charge in [-0.1, -0.05) is 13.8 Å². The molecule has 96 valence electrons. The molecular formula is C11H17NO5. The number of esters is 1. The zero-order valence-electron chi connectivity index (χ0n) is 10.4. The van der Waals surface area contributed by atoms with E-state index in [1.165, 1.54) is 6.92 Å². The van der Waals surface area contributed by atoms with Gasteiger partial charge in [-0.05, 0) is 6.92 Å². The highest BCUT2D eigenvalue weighted by Gasteiger charge is 2.48. The minimum absolute atomic E-state index is 0.0864. The first-order valence-corrected chi connectivity index (χ1v) is 5.27. The highest BCUT2D eigenvalue weighted by atomic mass is 16.5. The van der Waals surface area contributed by atoms with Gasteiger partial charge >= 0.3 is 5.97 Å². The quantitative estimate of drug-likeness (QED) is 0.543. The average Bonchev–Trinajstić information content (AvgIpc) is 2.39. The fraction of sp³-hybridized carbons (Fsp3) is 0.727. The van der Waals surface area contributed by atoms with Gasteiger partial charge in [0.15, 0.2) is 5.60 Å². The van der Waals surface area contributed by atoms with Crippen LogP contribution in [-0.2, 0) is 19.1 Å². The van der Waals surface area contributed by atoms with Crippen molar-refractivity contribution in [2.75, 3.05) is 13.7 Å². The topological polar surface area (TPSA) is 83.9 Å². The van der Waals surface area contributed by atoms with Gasteiger partial charge in [0.25, 0.3) is 0 Å². The van der Waals surface area contributed by atoms with Crippen molar-refractivity contribution in [1.82, 2.24) is 4.90 Å². The fourth-order valence-corrected chi connectivity index (χ4v) is 1.78. The normalized spacial score (nSPS) is 22.5. The first-order valence-electron chi connectivity index (χ1n) is 5.27. The van der Waals surface area contributed by atoms with Crippen molar-refractivity contribution in [3.63, 3.8) is 0 Å². The van der Waals surface area contributed by atoms with Crippen LogP contribution < -0.4 is 0 Å². The Morgan fingerprint density at radius 3 is 2.41 bits per heavy atom. The molecule has 0 aliphatic carbocycles. The number of methoxy groups -OCH3 is 1. The largest absolute Gasteiger partial charge is 0.467 e. The van der Waals surface area contributed by atoms with Crippen LogP contribution in [0.4, 0.5) is 0 Å². The smallest absolute Gasteiger partial charge is 0.339 e. The van der Waals surface area contributed by atoms with E-state index in [0.717, 1.165) is 12.0 Å². The SMILES string of the molecule is COC(=O)C(C)(O)CN1C(=O)CC(C)(C)C1=O. The summed E-state index contributed by atoms with van der Waals surface area (Å²) in [6.45, 7) is 4.14. The number of carbonyl (C=O) groups excluding carboxylic acids is 3. The van der Waals surface area contributed by atoms with Crippen LogP contribution in [0.2, 0.25) is 0 Å². The van der Waals surface area contributed by atoms with Gasteiger partial charge < -0.3 is 9.84 Å². The first kappa shape index (κ1) is 13.6. The molecule has 1 rings (SSSR count). The Morgan fingerprint density at radius 1 is 1.53 bits per heavy atom.